The molecule has 1 atom stereocenters. The van der Waals surface area contributed by atoms with E-state index in [4.69, 9.17) is 10.5 Å². The second kappa shape index (κ2) is 2.26. The molecule has 1 saturated heterocycles. The van der Waals surface area contributed by atoms with Crippen LogP contribution in [0.15, 0.2) is 0 Å². The molecular weight excluding hydrogens is 134 g/mol. The number of amides is 2. The average molecular weight is 142 g/mol. The number of rotatable bonds is 0. The first-order chi connectivity index (χ1) is 4.61. The molecule has 0 saturated carbocycles. The number of nitrogens with one attached hydrogen (secondary N) is 2. The van der Waals surface area contributed by atoms with Crippen LogP contribution in [0.3, 0.4) is 0 Å². The minimum absolute atomic E-state index is 0.0596. The summed E-state index contributed by atoms with van der Waals surface area (Å²) in [5.41, 5.74) is 0. The summed E-state index contributed by atoms with van der Waals surface area (Å²) in [6.07, 6.45) is 0.266. The van der Waals surface area contributed by atoms with Crippen molar-refractivity contribution in [3.63, 3.8) is 0 Å². The van der Waals surface area contributed by atoms with Gasteiger partial charge in [0, 0.05) is 7.05 Å². The van der Waals surface area contributed by atoms with Crippen molar-refractivity contribution < 1.29 is 9.90 Å². The number of aliphatic hydroxyl groups is 1. The van der Waals surface area contributed by atoms with Crippen molar-refractivity contribution in [2.75, 3.05) is 7.05 Å². The topological polar surface area (TPSA) is 76.4 Å². The highest BCUT2D eigenvalue weighted by molar-refractivity contribution is 6.03. The third kappa shape index (κ3) is 1.08. The Kier molecular flexibility index (Phi) is 1.58. The van der Waals surface area contributed by atoms with Gasteiger partial charge in [0.25, 0.3) is 0 Å². The largest absolute Gasteiger partial charge is 0.373 e. The monoisotopic (exact) mass is 142 g/mol. The van der Waals surface area contributed by atoms with Crippen LogP contribution in [0.4, 0.5) is 4.79 Å². The van der Waals surface area contributed by atoms with Crippen molar-refractivity contribution in [2.24, 2.45) is 0 Å². The number of amidine groups is 1. The van der Waals surface area contributed by atoms with Crippen molar-refractivity contribution >= 4 is 11.9 Å². The summed E-state index contributed by atoms with van der Waals surface area (Å²) < 4.78 is 0. The summed E-state index contributed by atoms with van der Waals surface area (Å²) in [7, 11) is 1.45. The Morgan fingerprint density at radius 2 is 2.50 bits per heavy atom. The van der Waals surface area contributed by atoms with Crippen molar-refractivity contribution in [3.8, 4) is 0 Å². The minimum atomic E-state index is -0.971. The van der Waals surface area contributed by atoms with Gasteiger partial charge in [-0.25, -0.2) is 4.79 Å². The summed E-state index contributed by atoms with van der Waals surface area (Å²) in [6.45, 7) is 0. The lowest BCUT2D eigenvalue weighted by Gasteiger charge is -2.28. The highest BCUT2D eigenvalue weighted by Crippen LogP contribution is 2.02. The molecule has 1 rings (SSSR count). The molecule has 0 aliphatic carbocycles. The third-order valence-electron chi connectivity index (χ3n) is 1.27. The second-order valence-electron chi connectivity index (χ2n) is 2.04. The first kappa shape index (κ1) is 7.01. The fraction of sp³-hybridized carbons (Fsp3) is 0.400. The van der Waals surface area contributed by atoms with Gasteiger partial charge in [-0.05, 0) is 0 Å². The lowest BCUT2D eigenvalue weighted by molar-refractivity contribution is 0.0730. The number of hydrogen-bond acceptors (Lipinski definition) is 3. The first-order valence-electron chi connectivity index (χ1n) is 2.76. The van der Waals surface area contributed by atoms with Crippen LogP contribution in [0.1, 0.15) is 0 Å². The van der Waals surface area contributed by atoms with Crippen molar-refractivity contribution in [1.82, 2.24) is 10.2 Å². The van der Waals surface area contributed by atoms with Crippen LogP contribution >= 0.6 is 0 Å². The molecule has 0 bridgehead atoms. The Balaban J connectivity index is 2.66. The van der Waals surface area contributed by atoms with E-state index in [0.717, 1.165) is 4.90 Å². The van der Waals surface area contributed by atoms with Crippen molar-refractivity contribution in [2.45, 2.75) is 6.23 Å². The molecule has 1 aliphatic heterocycles. The summed E-state index contributed by atoms with van der Waals surface area (Å²) in [5, 5.41) is 18.2. The highest BCUT2D eigenvalue weighted by atomic mass is 16.3. The quantitative estimate of drug-likeness (QED) is 0.411. The average Bonchev–Trinajstić information content (AvgIpc) is 1.82. The molecule has 1 radical (unpaired) electrons. The maximum absolute atomic E-state index is 10.7. The molecule has 3 N–H and O–H groups in total. The Hall–Kier alpha value is -1.10. The number of hydrogen-bond donors (Lipinski definition) is 3. The number of urea groups is 1. The molecule has 0 aromatic heterocycles. The van der Waals surface area contributed by atoms with E-state index < -0.39 is 12.3 Å². The zero-order valence-corrected chi connectivity index (χ0v) is 5.46. The van der Waals surface area contributed by atoms with Gasteiger partial charge in [-0.3, -0.25) is 10.7 Å². The van der Waals surface area contributed by atoms with Gasteiger partial charge in [-0.15, -0.1) is 0 Å². The fourth-order valence-electron chi connectivity index (χ4n) is 0.626. The maximum atomic E-state index is 10.7. The molecule has 1 unspecified atom stereocenters. The van der Waals surface area contributed by atoms with Gasteiger partial charge in [-0.2, -0.15) is 0 Å². The predicted octanol–water partition coefficient (Wildman–Crippen LogP) is -0.859. The van der Waals surface area contributed by atoms with Gasteiger partial charge in [0.2, 0.25) is 0 Å². The van der Waals surface area contributed by atoms with Gasteiger partial charge >= 0.3 is 6.03 Å². The standard InChI is InChI=1S/C5H8N3O2/c1-8-4(9)2-3(6)7-5(8)10/h2,4,9H,1H3,(H2,6,7,10). The van der Waals surface area contributed by atoms with E-state index in [-0.39, 0.29) is 5.84 Å². The Labute approximate surface area is 58.1 Å². The van der Waals surface area contributed by atoms with E-state index in [2.05, 4.69) is 5.32 Å². The van der Waals surface area contributed by atoms with Gasteiger partial charge in [0.1, 0.15) is 12.1 Å². The first-order valence-corrected chi connectivity index (χ1v) is 2.76. The van der Waals surface area contributed by atoms with E-state index in [0.29, 0.717) is 0 Å². The van der Waals surface area contributed by atoms with Crippen molar-refractivity contribution in [3.05, 3.63) is 6.42 Å². The Bertz CT molecular complexity index is 180. The Morgan fingerprint density at radius 1 is 1.90 bits per heavy atom. The van der Waals surface area contributed by atoms with E-state index in [1.165, 1.54) is 13.5 Å². The fourth-order valence-corrected chi connectivity index (χ4v) is 0.626. The van der Waals surface area contributed by atoms with Crippen LogP contribution in [-0.4, -0.2) is 35.1 Å². The lowest BCUT2D eigenvalue weighted by Crippen LogP contribution is -2.53. The number of carbonyl (C=O) groups excluding carboxylic acids is 1. The molecule has 0 aromatic carbocycles. The van der Waals surface area contributed by atoms with E-state index in [1.54, 1.807) is 0 Å². The molecule has 5 nitrogen and oxygen atoms in total. The van der Waals surface area contributed by atoms with E-state index >= 15 is 0 Å². The van der Waals surface area contributed by atoms with Crippen LogP contribution in [0.25, 0.3) is 0 Å². The van der Waals surface area contributed by atoms with Gasteiger partial charge in [-0.1, -0.05) is 0 Å². The molecule has 5 heteroatoms. The molecular formula is C5H8N3O2. The molecule has 10 heavy (non-hydrogen) atoms. The number of nitrogens with zero attached hydrogens (tertiary/aromatic N) is 1. The van der Waals surface area contributed by atoms with Crippen LogP contribution in [0.2, 0.25) is 0 Å². The normalized spacial score (nSPS) is 26.6. The van der Waals surface area contributed by atoms with Crippen LogP contribution < -0.4 is 5.32 Å². The highest BCUT2D eigenvalue weighted by Gasteiger charge is 2.25. The van der Waals surface area contributed by atoms with E-state index in [9.17, 15) is 4.79 Å². The molecule has 0 aromatic rings. The number of carbonyl (C=O) groups is 1. The summed E-state index contributed by atoms with van der Waals surface area (Å²) >= 11 is 0. The smallest absolute Gasteiger partial charge is 0.324 e. The minimum Gasteiger partial charge on any atom is -0.373 e. The lowest BCUT2D eigenvalue weighted by atomic mass is 10.3. The summed E-state index contributed by atoms with van der Waals surface area (Å²) in [5.74, 6) is -0.0596. The number of aliphatic hydroxyl groups excluding tert-OH is 1. The molecule has 1 heterocycles. The van der Waals surface area contributed by atoms with Crippen LogP contribution in [-0.2, 0) is 0 Å². The summed E-state index contributed by atoms with van der Waals surface area (Å²) in [4.78, 5) is 11.8. The Morgan fingerprint density at radius 3 is 3.00 bits per heavy atom. The molecule has 2 amide bonds. The zero-order valence-electron chi connectivity index (χ0n) is 5.46. The second-order valence-corrected chi connectivity index (χ2v) is 2.04. The van der Waals surface area contributed by atoms with E-state index in [1.807, 2.05) is 0 Å². The SMILES string of the molecule is CN1C(=O)NC(=N)[CH]C1O. The third-order valence-corrected chi connectivity index (χ3v) is 1.27. The zero-order chi connectivity index (χ0) is 7.72. The van der Waals surface area contributed by atoms with Gasteiger partial charge in [0.05, 0.1) is 6.42 Å². The summed E-state index contributed by atoms with van der Waals surface area (Å²) in [6, 6.07) is -0.458. The molecule has 1 fully saturated rings. The molecule has 0 spiro atoms. The predicted molar refractivity (Wildman–Crippen MR) is 34.3 cm³/mol. The van der Waals surface area contributed by atoms with Crippen molar-refractivity contribution in [1.29, 1.82) is 5.41 Å². The van der Waals surface area contributed by atoms with Gasteiger partial charge < -0.3 is 10.0 Å². The van der Waals surface area contributed by atoms with Gasteiger partial charge in [0.15, 0.2) is 0 Å². The van der Waals surface area contributed by atoms with Crippen LogP contribution in [0, 0.1) is 11.8 Å². The van der Waals surface area contributed by atoms with Crippen LogP contribution in [0.5, 0.6) is 0 Å². The molecule has 55 valence electrons. The molecule has 1 aliphatic rings. The maximum Gasteiger partial charge on any atom is 0.324 e.